The molecule has 1 amide bonds. The molecule has 1 heterocycles. The van der Waals surface area contributed by atoms with Crippen LogP contribution in [-0.2, 0) is 4.79 Å². The Morgan fingerprint density at radius 3 is 2.65 bits per heavy atom. The molecule has 0 radical (unpaired) electrons. The largest absolute Gasteiger partial charge is 0.324 e. The predicted octanol–water partition coefficient (Wildman–Crippen LogP) is 3.42. The van der Waals surface area contributed by atoms with Gasteiger partial charge in [0.15, 0.2) is 0 Å². The molecule has 0 aliphatic rings. The molecule has 8 heteroatoms. The summed E-state index contributed by atoms with van der Waals surface area (Å²) in [5, 5.41) is 10.9. The second-order valence-corrected chi connectivity index (χ2v) is 6.57. The smallest absolute Gasteiger partial charge is 0.278 e. The highest BCUT2D eigenvalue weighted by Gasteiger charge is 2.27. The lowest BCUT2D eigenvalue weighted by Gasteiger charge is -2.21. The molecular weight excluding hydrogens is 359 g/mol. The number of anilines is 1. The minimum Gasteiger partial charge on any atom is -0.324 e. The molecule has 0 spiro atoms. The van der Waals surface area contributed by atoms with Crippen LogP contribution in [0.15, 0.2) is 47.3 Å². The van der Waals surface area contributed by atoms with Crippen molar-refractivity contribution in [3.8, 4) is 0 Å². The highest BCUT2D eigenvalue weighted by Crippen LogP contribution is 2.22. The standard InChI is InChI=1S/C18H16ClFN4O2/c1-10(2)16(17(25)21-11-7-8-14(20)13(19)9-11)24-18(26)12-5-3-4-6-15(12)22-23-24/h3-10,16H,1-2H3,(H,21,25)/t16-/m1/s1. The summed E-state index contributed by atoms with van der Waals surface area (Å²) in [4.78, 5) is 25.5. The van der Waals surface area contributed by atoms with Crippen molar-refractivity contribution in [3.63, 3.8) is 0 Å². The summed E-state index contributed by atoms with van der Waals surface area (Å²) in [6.45, 7) is 3.59. The quantitative estimate of drug-likeness (QED) is 0.759. The van der Waals surface area contributed by atoms with E-state index in [0.717, 1.165) is 10.7 Å². The Labute approximate surface area is 153 Å². The number of nitrogens with one attached hydrogen (secondary N) is 1. The van der Waals surface area contributed by atoms with Crippen molar-refractivity contribution in [2.24, 2.45) is 5.92 Å². The van der Waals surface area contributed by atoms with Gasteiger partial charge in [-0.3, -0.25) is 9.59 Å². The number of aromatic nitrogens is 3. The molecule has 2 aromatic carbocycles. The van der Waals surface area contributed by atoms with E-state index in [-0.39, 0.29) is 10.9 Å². The molecule has 0 aliphatic carbocycles. The van der Waals surface area contributed by atoms with Crippen LogP contribution in [0.1, 0.15) is 19.9 Å². The summed E-state index contributed by atoms with van der Waals surface area (Å²) >= 11 is 5.74. The van der Waals surface area contributed by atoms with Crippen molar-refractivity contribution in [2.75, 3.05) is 5.32 Å². The molecule has 1 atom stereocenters. The molecule has 0 fully saturated rings. The van der Waals surface area contributed by atoms with Gasteiger partial charge in [-0.15, -0.1) is 5.10 Å². The summed E-state index contributed by atoms with van der Waals surface area (Å²) < 4.78 is 14.4. The highest BCUT2D eigenvalue weighted by molar-refractivity contribution is 6.31. The second-order valence-electron chi connectivity index (χ2n) is 6.16. The zero-order chi connectivity index (χ0) is 18.8. The van der Waals surface area contributed by atoms with E-state index in [1.54, 1.807) is 38.1 Å². The van der Waals surface area contributed by atoms with Gasteiger partial charge in [-0.05, 0) is 36.2 Å². The first-order valence-electron chi connectivity index (χ1n) is 7.98. The molecule has 1 N–H and O–H groups in total. The van der Waals surface area contributed by atoms with E-state index in [2.05, 4.69) is 15.6 Å². The molecule has 26 heavy (non-hydrogen) atoms. The zero-order valence-electron chi connectivity index (χ0n) is 14.1. The third kappa shape index (κ3) is 3.43. The van der Waals surface area contributed by atoms with Gasteiger partial charge in [0, 0.05) is 5.69 Å². The maximum Gasteiger partial charge on any atom is 0.278 e. The molecule has 0 unspecified atom stereocenters. The van der Waals surface area contributed by atoms with Crippen LogP contribution in [0.25, 0.3) is 10.9 Å². The Morgan fingerprint density at radius 1 is 1.23 bits per heavy atom. The number of fused-ring (bicyclic) bond motifs is 1. The Balaban J connectivity index is 1.99. The summed E-state index contributed by atoms with van der Waals surface area (Å²) in [6.07, 6.45) is 0. The third-order valence-electron chi connectivity index (χ3n) is 3.94. The maximum atomic E-state index is 13.3. The number of hydrogen-bond donors (Lipinski definition) is 1. The molecule has 0 bridgehead atoms. The summed E-state index contributed by atoms with van der Waals surface area (Å²) in [5.74, 6) is -1.28. The number of hydrogen-bond acceptors (Lipinski definition) is 4. The van der Waals surface area contributed by atoms with Crippen molar-refractivity contribution < 1.29 is 9.18 Å². The van der Waals surface area contributed by atoms with E-state index in [0.29, 0.717) is 16.6 Å². The van der Waals surface area contributed by atoms with Gasteiger partial charge in [-0.2, -0.15) is 4.68 Å². The van der Waals surface area contributed by atoms with Crippen LogP contribution in [-0.4, -0.2) is 20.9 Å². The van der Waals surface area contributed by atoms with E-state index in [1.807, 2.05) is 0 Å². The summed E-state index contributed by atoms with van der Waals surface area (Å²) in [5.41, 5.74) is 0.386. The van der Waals surface area contributed by atoms with Crippen LogP contribution in [0.3, 0.4) is 0 Å². The first-order valence-corrected chi connectivity index (χ1v) is 8.36. The number of nitrogens with zero attached hydrogens (tertiary/aromatic N) is 3. The highest BCUT2D eigenvalue weighted by atomic mass is 35.5. The third-order valence-corrected chi connectivity index (χ3v) is 4.23. The number of carbonyl (C=O) groups excluding carboxylic acids is 1. The van der Waals surface area contributed by atoms with Gasteiger partial charge in [0.1, 0.15) is 17.4 Å². The monoisotopic (exact) mass is 374 g/mol. The predicted molar refractivity (Wildman–Crippen MR) is 97.7 cm³/mol. The molecule has 3 rings (SSSR count). The van der Waals surface area contributed by atoms with Gasteiger partial charge in [0.25, 0.3) is 5.56 Å². The van der Waals surface area contributed by atoms with Gasteiger partial charge >= 0.3 is 0 Å². The lowest BCUT2D eigenvalue weighted by molar-refractivity contribution is -0.120. The SMILES string of the molecule is CC(C)[C@H](C(=O)Nc1ccc(F)c(Cl)c1)n1nnc2ccccc2c1=O. The molecule has 0 saturated carbocycles. The van der Waals surface area contributed by atoms with Crippen LogP contribution in [0.2, 0.25) is 5.02 Å². The second kappa shape index (κ2) is 7.21. The van der Waals surface area contributed by atoms with Crippen molar-refractivity contribution in [1.29, 1.82) is 0 Å². The van der Waals surface area contributed by atoms with Crippen molar-refractivity contribution in [2.45, 2.75) is 19.9 Å². The molecule has 134 valence electrons. The molecule has 1 aromatic heterocycles. The van der Waals surface area contributed by atoms with E-state index in [4.69, 9.17) is 11.6 Å². The van der Waals surface area contributed by atoms with Crippen LogP contribution in [0, 0.1) is 11.7 Å². The molecule has 3 aromatic rings. The minimum atomic E-state index is -0.886. The number of rotatable bonds is 4. The van der Waals surface area contributed by atoms with E-state index in [9.17, 15) is 14.0 Å². The fourth-order valence-electron chi connectivity index (χ4n) is 2.67. The molecule has 0 aliphatic heterocycles. The van der Waals surface area contributed by atoms with Crippen molar-refractivity contribution in [1.82, 2.24) is 15.0 Å². The lowest BCUT2D eigenvalue weighted by Crippen LogP contribution is -2.38. The number of carbonyl (C=O) groups is 1. The minimum absolute atomic E-state index is 0.105. The average Bonchev–Trinajstić information content (AvgIpc) is 2.60. The molecule has 0 saturated heterocycles. The Hall–Kier alpha value is -2.80. The van der Waals surface area contributed by atoms with E-state index >= 15 is 0 Å². The normalized spacial score (nSPS) is 12.3. The first-order chi connectivity index (χ1) is 12.4. The number of benzene rings is 2. The van der Waals surface area contributed by atoms with E-state index < -0.39 is 23.3 Å². The molecular formula is C18H16ClFN4O2. The molecule has 6 nitrogen and oxygen atoms in total. The van der Waals surface area contributed by atoms with E-state index in [1.165, 1.54) is 12.1 Å². The Morgan fingerprint density at radius 2 is 1.96 bits per heavy atom. The number of halogens is 2. The van der Waals surface area contributed by atoms with Crippen LogP contribution >= 0.6 is 11.6 Å². The fourth-order valence-corrected chi connectivity index (χ4v) is 2.85. The van der Waals surface area contributed by atoms with Gasteiger partial charge in [-0.1, -0.05) is 42.8 Å². The van der Waals surface area contributed by atoms with Crippen LogP contribution in [0.4, 0.5) is 10.1 Å². The van der Waals surface area contributed by atoms with Crippen molar-refractivity contribution >= 4 is 34.1 Å². The van der Waals surface area contributed by atoms with Crippen LogP contribution in [0.5, 0.6) is 0 Å². The first kappa shape index (κ1) is 18.0. The van der Waals surface area contributed by atoms with Gasteiger partial charge < -0.3 is 5.32 Å². The number of amides is 1. The summed E-state index contributed by atoms with van der Waals surface area (Å²) in [6, 6.07) is 9.77. The topological polar surface area (TPSA) is 76.9 Å². The van der Waals surface area contributed by atoms with Gasteiger partial charge in [0.05, 0.1) is 10.4 Å². The van der Waals surface area contributed by atoms with Crippen molar-refractivity contribution in [3.05, 3.63) is 63.7 Å². The maximum absolute atomic E-state index is 13.3. The summed E-state index contributed by atoms with van der Waals surface area (Å²) in [7, 11) is 0. The zero-order valence-corrected chi connectivity index (χ0v) is 14.9. The van der Waals surface area contributed by atoms with Crippen LogP contribution < -0.4 is 10.9 Å². The van der Waals surface area contributed by atoms with Gasteiger partial charge in [-0.25, -0.2) is 4.39 Å². The van der Waals surface area contributed by atoms with Gasteiger partial charge in [0.2, 0.25) is 5.91 Å². The Bertz CT molecular complexity index is 1040. The Kier molecular flexibility index (Phi) is 4.99. The lowest BCUT2D eigenvalue weighted by atomic mass is 10.0. The fraction of sp³-hybridized carbons (Fsp3) is 0.222. The average molecular weight is 375 g/mol.